The summed E-state index contributed by atoms with van der Waals surface area (Å²) < 4.78 is 2.27. The second kappa shape index (κ2) is 9.46. The molecule has 1 amide bonds. The van der Waals surface area contributed by atoms with Gasteiger partial charge < -0.3 is 15.6 Å². The van der Waals surface area contributed by atoms with Crippen molar-refractivity contribution in [2.24, 2.45) is 17.6 Å². The van der Waals surface area contributed by atoms with Crippen molar-refractivity contribution in [3.63, 3.8) is 0 Å². The quantitative estimate of drug-likeness (QED) is 0.807. The maximum absolute atomic E-state index is 12.4. The number of nitrogens with one attached hydrogen (secondary N) is 1. The zero-order valence-electron chi connectivity index (χ0n) is 14.9. The van der Waals surface area contributed by atoms with E-state index in [1.54, 1.807) is 0 Å². The highest BCUT2D eigenvalue weighted by Gasteiger charge is 2.25. The number of halogens is 2. The highest BCUT2D eigenvalue weighted by atomic mass is 35.5. The molecule has 1 saturated carbocycles. The predicted octanol–water partition coefficient (Wildman–Crippen LogP) is 4.60. The van der Waals surface area contributed by atoms with Crippen LogP contribution in [0.15, 0.2) is 30.5 Å². The van der Waals surface area contributed by atoms with E-state index in [1.165, 1.54) is 10.9 Å². The zero-order valence-corrected chi connectivity index (χ0v) is 16.5. The third kappa shape index (κ3) is 5.37. The Balaban J connectivity index is 0.00000156. The molecule has 1 aliphatic carbocycles. The summed E-state index contributed by atoms with van der Waals surface area (Å²) in [5, 5.41) is 4.24. The summed E-state index contributed by atoms with van der Waals surface area (Å²) in [6.45, 7) is 5.44. The van der Waals surface area contributed by atoms with Crippen molar-refractivity contribution in [3.8, 4) is 0 Å². The molecule has 3 N–H and O–H groups in total. The minimum atomic E-state index is 0. The van der Waals surface area contributed by atoms with Crippen LogP contribution in [0.25, 0.3) is 10.9 Å². The van der Waals surface area contributed by atoms with E-state index in [-0.39, 0.29) is 42.7 Å². The van der Waals surface area contributed by atoms with E-state index < -0.39 is 0 Å². The topological polar surface area (TPSA) is 60.0 Å². The van der Waals surface area contributed by atoms with Crippen LogP contribution in [0.1, 0.15) is 39.5 Å². The zero-order chi connectivity index (χ0) is 16.4. The van der Waals surface area contributed by atoms with E-state index in [0.29, 0.717) is 5.92 Å². The lowest BCUT2D eigenvalue weighted by Gasteiger charge is -2.25. The van der Waals surface area contributed by atoms with Gasteiger partial charge in [0.05, 0.1) is 0 Å². The van der Waals surface area contributed by atoms with Crippen molar-refractivity contribution >= 4 is 47.3 Å². The van der Waals surface area contributed by atoms with Gasteiger partial charge in [-0.2, -0.15) is 0 Å². The average molecular weight is 386 g/mol. The molecule has 2 unspecified atom stereocenters. The summed E-state index contributed by atoms with van der Waals surface area (Å²) in [6, 6.07) is 8.45. The molecule has 0 saturated heterocycles. The van der Waals surface area contributed by atoms with Gasteiger partial charge >= 0.3 is 0 Å². The number of amides is 1. The number of fused-ring (bicyclic) bond motifs is 1. The molecule has 1 heterocycles. The van der Waals surface area contributed by atoms with Crippen molar-refractivity contribution in [1.29, 1.82) is 0 Å². The van der Waals surface area contributed by atoms with Gasteiger partial charge in [0.2, 0.25) is 5.91 Å². The van der Waals surface area contributed by atoms with Gasteiger partial charge in [-0.25, -0.2) is 0 Å². The number of carbonyl (C=O) groups is 1. The fourth-order valence-corrected chi connectivity index (χ4v) is 3.54. The lowest BCUT2D eigenvalue weighted by molar-refractivity contribution is -0.120. The van der Waals surface area contributed by atoms with Crippen LogP contribution < -0.4 is 11.1 Å². The first-order valence-electron chi connectivity index (χ1n) is 8.68. The first kappa shape index (κ1) is 21.8. The lowest BCUT2D eigenvalue weighted by Crippen LogP contribution is -2.34. The van der Waals surface area contributed by atoms with E-state index in [1.807, 2.05) is 6.07 Å². The third-order valence-electron chi connectivity index (χ3n) is 4.69. The number of anilines is 1. The summed E-state index contributed by atoms with van der Waals surface area (Å²) >= 11 is 0. The minimum absolute atomic E-state index is 0. The number of carbonyl (C=O) groups excluding carboxylic acids is 1. The van der Waals surface area contributed by atoms with Gasteiger partial charge in [0.1, 0.15) is 0 Å². The molecule has 4 nitrogen and oxygen atoms in total. The molecular formula is C19H29Cl2N3O. The fourth-order valence-electron chi connectivity index (χ4n) is 3.54. The molecule has 2 atom stereocenters. The molecule has 25 heavy (non-hydrogen) atoms. The van der Waals surface area contributed by atoms with Crippen LogP contribution in [0.2, 0.25) is 0 Å². The van der Waals surface area contributed by atoms with Crippen molar-refractivity contribution in [2.45, 2.75) is 52.1 Å². The van der Waals surface area contributed by atoms with Crippen LogP contribution in [-0.4, -0.2) is 16.5 Å². The first-order chi connectivity index (χ1) is 11.0. The minimum Gasteiger partial charge on any atom is -0.347 e. The Hall–Kier alpha value is -1.23. The third-order valence-corrected chi connectivity index (χ3v) is 4.69. The van der Waals surface area contributed by atoms with E-state index in [4.69, 9.17) is 5.73 Å². The molecule has 0 aliphatic heterocycles. The number of nitrogens with zero attached hydrogens (tertiary/aromatic N) is 1. The maximum atomic E-state index is 12.4. The predicted molar refractivity (Wildman–Crippen MR) is 110 cm³/mol. The normalized spacial score (nSPS) is 20.0. The largest absolute Gasteiger partial charge is 0.347 e. The molecule has 1 aromatic heterocycles. The smallest absolute Gasteiger partial charge is 0.227 e. The van der Waals surface area contributed by atoms with Crippen LogP contribution in [0, 0.1) is 11.8 Å². The van der Waals surface area contributed by atoms with Crippen molar-refractivity contribution in [3.05, 3.63) is 30.5 Å². The second-order valence-corrected chi connectivity index (χ2v) is 7.25. The number of hydrogen-bond acceptors (Lipinski definition) is 2. The Morgan fingerprint density at radius 1 is 1.28 bits per heavy atom. The van der Waals surface area contributed by atoms with E-state index in [2.05, 4.69) is 48.1 Å². The lowest BCUT2D eigenvalue weighted by atomic mass is 9.85. The van der Waals surface area contributed by atoms with Crippen molar-refractivity contribution < 1.29 is 4.79 Å². The Morgan fingerprint density at radius 3 is 2.72 bits per heavy atom. The summed E-state index contributed by atoms with van der Waals surface area (Å²) in [5.41, 5.74) is 8.09. The molecule has 140 valence electrons. The van der Waals surface area contributed by atoms with E-state index >= 15 is 0 Å². The summed E-state index contributed by atoms with van der Waals surface area (Å²) in [5.74, 6) is 0.779. The monoisotopic (exact) mass is 385 g/mol. The van der Waals surface area contributed by atoms with Gasteiger partial charge in [-0.1, -0.05) is 20.3 Å². The van der Waals surface area contributed by atoms with Crippen LogP contribution in [-0.2, 0) is 11.3 Å². The molecule has 3 rings (SSSR count). The van der Waals surface area contributed by atoms with Crippen molar-refractivity contribution in [1.82, 2.24) is 4.57 Å². The van der Waals surface area contributed by atoms with Crippen molar-refractivity contribution in [2.75, 3.05) is 5.32 Å². The summed E-state index contributed by atoms with van der Waals surface area (Å²) in [7, 11) is 0. The Bertz CT molecular complexity index is 699. The molecular weight excluding hydrogens is 357 g/mol. The SMILES string of the molecule is CC(C)Cn1ccc2cc(NC(=O)C3CCCC(N)C3)ccc21.Cl.Cl. The Kier molecular flexibility index (Phi) is 8.26. The van der Waals surface area contributed by atoms with Gasteiger partial charge in [0.15, 0.2) is 0 Å². The molecule has 1 aromatic carbocycles. The van der Waals surface area contributed by atoms with Crippen LogP contribution in [0.5, 0.6) is 0 Å². The molecule has 0 radical (unpaired) electrons. The summed E-state index contributed by atoms with van der Waals surface area (Å²) in [4.78, 5) is 12.4. The van der Waals surface area contributed by atoms with Crippen LogP contribution in [0.4, 0.5) is 5.69 Å². The second-order valence-electron chi connectivity index (χ2n) is 7.25. The number of benzene rings is 1. The molecule has 0 spiro atoms. The van der Waals surface area contributed by atoms with Gasteiger partial charge in [-0.05, 0) is 49.4 Å². The fraction of sp³-hybridized carbons (Fsp3) is 0.526. The van der Waals surface area contributed by atoms with E-state index in [0.717, 1.165) is 37.9 Å². The maximum Gasteiger partial charge on any atom is 0.227 e. The standard InChI is InChI=1S/C19H27N3O.2ClH/c1-13(2)12-22-9-8-14-11-17(6-7-18(14)22)21-19(23)15-4-3-5-16(20)10-15;;/h6-9,11,13,15-16H,3-5,10,12,20H2,1-2H3,(H,21,23);2*1H. The van der Waals surface area contributed by atoms with Gasteiger partial charge in [-0.3, -0.25) is 4.79 Å². The molecule has 6 heteroatoms. The Labute approximate surface area is 162 Å². The average Bonchev–Trinajstić information content (AvgIpc) is 2.89. The van der Waals surface area contributed by atoms with Crippen LogP contribution in [0.3, 0.4) is 0 Å². The van der Waals surface area contributed by atoms with Crippen LogP contribution >= 0.6 is 24.8 Å². The number of nitrogens with two attached hydrogens (primary N) is 1. The number of hydrogen-bond donors (Lipinski definition) is 2. The molecule has 1 aliphatic rings. The highest BCUT2D eigenvalue weighted by Crippen LogP contribution is 2.26. The summed E-state index contributed by atoms with van der Waals surface area (Å²) in [6.07, 6.45) is 5.97. The Morgan fingerprint density at radius 2 is 2.04 bits per heavy atom. The molecule has 1 fully saturated rings. The number of aromatic nitrogens is 1. The molecule has 2 aromatic rings. The number of rotatable bonds is 4. The van der Waals surface area contributed by atoms with Gasteiger partial charge in [0, 0.05) is 41.3 Å². The van der Waals surface area contributed by atoms with E-state index in [9.17, 15) is 4.79 Å². The highest BCUT2D eigenvalue weighted by molar-refractivity contribution is 5.95. The van der Waals surface area contributed by atoms with Gasteiger partial charge in [-0.15, -0.1) is 24.8 Å². The molecule has 0 bridgehead atoms. The van der Waals surface area contributed by atoms with Gasteiger partial charge in [0.25, 0.3) is 0 Å². The first-order valence-corrected chi connectivity index (χ1v) is 8.68.